The van der Waals surface area contributed by atoms with Gasteiger partial charge >= 0.3 is 0 Å². The van der Waals surface area contributed by atoms with Gasteiger partial charge in [-0.3, -0.25) is 9.78 Å². The van der Waals surface area contributed by atoms with E-state index in [0.717, 1.165) is 11.3 Å². The molecule has 3 aromatic rings. The molecule has 0 bridgehead atoms. The van der Waals surface area contributed by atoms with E-state index in [2.05, 4.69) is 15.0 Å². The van der Waals surface area contributed by atoms with Crippen LogP contribution in [0.5, 0.6) is 5.75 Å². The standard InChI is InChI=1S/C17H20N6O3S/c1-3-9(18)13(24)16-22-12(7-4-8(26-2)6-21-5-7)10-11(19)14(15(20)25)27-17(10)23-16/h4-6,9,13,24H,3,18-19H2,1-2H3,(H2,20,25). The van der Waals surface area contributed by atoms with Crippen LogP contribution in [-0.4, -0.2) is 39.1 Å². The molecular formula is C17H20N6O3S. The summed E-state index contributed by atoms with van der Waals surface area (Å²) < 4.78 is 5.22. The highest BCUT2D eigenvalue weighted by atomic mass is 32.1. The average Bonchev–Trinajstić information content (AvgIpc) is 3.03. The molecule has 0 fully saturated rings. The lowest BCUT2D eigenvalue weighted by atomic mass is 10.1. The molecule has 2 unspecified atom stereocenters. The van der Waals surface area contributed by atoms with E-state index in [1.54, 1.807) is 18.5 Å². The van der Waals surface area contributed by atoms with Crippen molar-refractivity contribution in [1.29, 1.82) is 0 Å². The van der Waals surface area contributed by atoms with Crippen LogP contribution in [0.2, 0.25) is 0 Å². The first kappa shape index (κ1) is 19.0. The van der Waals surface area contributed by atoms with Gasteiger partial charge in [0.05, 0.1) is 30.1 Å². The molecule has 3 aromatic heterocycles. The number of primary amides is 1. The molecular weight excluding hydrogens is 368 g/mol. The Morgan fingerprint density at radius 3 is 2.74 bits per heavy atom. The van der Waals surface area contributed by atoms with Crippen molar-refractivity contribution >= 4 is 33.1 Å². The summed E-state index contributed by atoms with van der Waals surface area (Å²) in [6, 6.07) is 1.19. The highest BCUT2D eigenvalue weighted by Crippen LogP contribution is 2.39. The van der Waals surface area contributed by atoms with Gasteiger partial charge in [-0.2, -0.15) is 0 Å². The maximum atomic E-state index is 11.7. The zero-order valence-electron chi connectivity index (χ0n) is 14.8. The van der Waals surface area contributed by atoms with Crippen molar-refractivity contribution < 1.29 is 14.6 Å². The van der Waals surface area contributed by atoms with Gasteiger partial charge in [0.25, 0.3) is 5.91 Å². The van der Waals surface area contributed by atoms with E-state index in [4.69, 9.17) is 21.9 Å². The van der Waals surface area contributed by atoms with Crippen LogP contribution in [0.25, 0.3) is 21.5 Å². The van der Waals surface area contributed by atoms with Crippen molar-refractivity contribution in [3.8, 4) is 17.0 Å². The number of carbonyl (C=O) groups excluding carboxylic acids is 1. The largest absolute Gasteiger partial charge is 0.495 e. The second-order valence-corrected chi connectivity index (χ2v) is 6.95. The molecule has 7 N–H and O–H groups in total. The molecule has 0 saturated heterocycles. The van der Waals surface area contributed by atoms with Gasteiger partial charge in [0, 0.05) is 17.8 Å². The molecule has 0 aliphatic heterocycles. The molecule has 10 heteroatoms. The lowest BCUT2D eigenvalue weighted by molar-refractivity contribution is 0.100. The van der Waals surface area contributed by atoms with Gasteiger partial charge in [-0.15, -0.1) is 11.3 Å². The molecule has 0 radical (unpaired) electrons. The number of thiophene rings is 1. The zero-order chi connectivity index (χ0) is 19.7. The first-order chi connectivity index (χ1) is 12.9. The fourth-order valence-corrected chi connectivity index (χ4v) is 3.59. The van der Waals surface area contributed by atoms with Gasteiger partial charge in [0.15, 0.2) is 5.82 Å². The summed E-state index contributed by atoms with van der Waals surface area (Å²) >= 11 is 1.05. The molecule has 3 heterocycles. The van der Waals surface area contributed by atoms with Crippen LogP contribution >= 0.6 is 11.3 Å². The van der Waals surface area contributed by atoms with Crippen molar-refractivity contribution in [2.24, 2.45) is 11.5 Å². The number of amides is 1. The summed E-state index contributed by atoms with van der Waals surface area (Å²) in [6.45, 7) is 1.85. The molecule has 2 atom stereocenters. The van der Waals surface area contributed by atoms with Gasteiger partial charge in [-0.25, -0.2) is 9.97 Å². The van der Waals surface area contributed by atoms with Crippen LogP contribution in [0, 0.1) is 0 Å². The van der Waals surface area contributed by atoms with Crippen LogP contribution < -0.4 is 21.9 Å². The van der Waals surface area contributed by atoms with Crippen molar-refractivity contribution in [1.82, 2.24) is 15.0 Å². The first-order valence-corrected chi connectivity index (χ1v) is 9.01. The van der Waals surface area contributed by atoms with Crippen LogP contribution in [0.4, 0.5) is 5.69 Å². The van der Waals surface area contributed by atoms with E-state index in [1.807, 2.05) is 6.92 Å². The summed E-state index contributed by atoms with van der Waals surface area (Å²) in [4.78, 5) is 25.3. The number of pyridine rings is 1. The molecule has 3 rings (SSSR count). The van der Waals surface area contributed by atoms with E-state index >= 15 is 0 Å². The fourth-order valence-electron chi connectivity index (χ4n) is 2.64. The second kappa shape index (κ2) is 7.43. The first-order valence-electron chi connectivity index (χ1n) is 8.20. The number of anilines is 1. The third-order valence-electron chi connectivity index (χ3n) is 4.19. The van der Waals surface area contributed by atoms with Crippen LogP contribution in [-0.2, 0) is 0 Å². The Morgan fingerprint density at radius 2 is 2.11 bits per heavy atom. The number of aliphatic hydroxyl groups excluding tert-OH is 1. The van der Waals surface area contributed by atoms with E-state index in [9.17, 15) is 9.90 Å². The number of ether oxygens (including phenoxy) is 1. The number of aromatic nitrogens is 3. The molecule has 0 spiro atoms. The Kier molecular flexibility index (Phi) is 5.22. The van der Waals surface area contributed by atoms with Gasteiger partial charge in [-0.1, -0.05) is 6.92 Å². The van der Waals surface area contributed by atoms with Crippen molar-refractivity contribution in [2.75, 3.05) is 12.8 Å². The maximum Gasteiger partial charge on any atom is 0.260 e. The molecule has 0 aromatic carbocycles. The number of methoxy groups -OCH3 is 1. The molecule has 142 valence electrons. The summed E-state index contributed by atoms with van der Waals surface area (Å²) in [5.41, 5.74) is 18.7. The number of rotatable bonds is 6. The van der Waals surface area contributed by atoms with Crippen LogP contribution in [0.1, 0.15) is 34.9 Å². The van der Waals surface area contributed by atoms with E-state index in [0.29, 0.717) is 33.6 Å². The number of aliphatic hydroxyl groups is 1. The fraction of sp³-hybridized carbons (Fsp3) is 0.294. The monoisotopic (exact) mass is 388 g/mol. The minimum absolute atomic E-state index is 0.145. The zero-order valence-corrected chi connectivity index (χ0v) is 15.7. The SMILES string of the molecule is CCC(N)C(O)c1nc(-c2cncc(OC)c2)c2c(N)c(C(N)=O)sc2n1. The van der Waals surface area contributed by atoms with Gasteiger partial charge in [-0.05, 0) is 12.5 Å². The summed E-state index contributed by atoms with van der Waals surface area (Å²) in [5, 5.41) is 11.0. The summed E-state index contributed by atoms with van der Waals surface area (Å²) in [7, 11) is 1.52. The lowest BCUT2D eigenvalue weighted by Gasteiger charge is -2.17. The maximum absolute atomic E-state index is 11.7. The number of nitrogens with zero attached hydrogens (tertiary/aromatic N) is 3. The van der Waals surface area contributed by atoms with Crippen molar-refractivity contribution in [2.45, 2.75) is 25.5 Å². The number of nitrogen functional groups attached to an aromatic ring is 1. The van der Waals surface area contributed by atoms with Gasteiger partial charge < -0.3 is 27.0 Å². The molecule has 0 saturated carbocycles. The van der Waals surface area contributed by atoms with E-state index in [-0.39, 0.29) is 16.4 Å². The smallest absolute Gasteiger partial charge is 0.260 e. The summed E-state index contributed by atoms with van der Waals surface area (Å²) in [6.07, 6.45) is 2.60. The Bertz CT molecular complexity index is 1010. The molecule has 1 amide bonds. The van der Waals surface area contributed by atoms with Crippen LogP contribution in [0.15, 0.2) is 18.5 Å². The Hall–Kier alpha value is -2.82. The molecule has 27 heavy (non-hydrogen) atoms. The normalized spacial score (nSPS) is 13.5. The topological polar surface area (TPSA) is 163 Å². The third-order valence-corrected chi connectivity index (χ3v) is 5.31. The van der Waals surface area contributed by atoms with E-state index in [1.165, 1.54) is 7.11 Å². The second-order valence-electron chi connectivity index (χ2n) is 5.95. The highest BCUT2D eigenvalue weighted by molar-refractivity contribution is 7.21. The molecule has 9 nitrogen and oxygen atoms in total. The van der Waals surface area contributed by atoms with E-state index < -0.39 is 18.1 Å². The Morgan fingerprint density at radius 1 is 1.37 bits per heavy atom. The summed E-state index contributed by atoms with van der Waals surface area (Å²) in [5.74, 6) is 0.0139. The number of fused-ring (bicyclic) bond motifs is 1. The molecule has 0 aliphatic rings. The van der Waals surface area contributed by atoms with Crippen molar-refractivity contribution in [3.63, 3.8) is 0 Å². The number of carbonyl (C=O) groups is 1. The van der Waals surface area contributed by atoms with Gasteiger partial charge in [0.1, 0.15) is 21.6 Å². The number of hydrogen-bond acceptors (Lipinski definition) is 9. The van der Waals surface area contributed by atoms with Gasteiger partial charge in [0.2, 0.25) is 0 Å². The van der Waals surface area contributed by atoms with Crippen molar-refractivity contribution in [3.05, 3.63) is 29.2 Å². The minimum Gasteiger partial charge on any atom is -0.495 e. The highest BCUT2D eigenvalue weighted by Gasteiger charge is 2.25. The quantitative estimate of drug-likeness (QED) is 0.489. The Balaban J connectivity index is 2.32. The Labute approximate surface area is 159 Å². The number of hydrogen-bond donors (Lipinski definition) is 4. The van der Waals surface area contributed by atoms with Crippen LogP contribution in [0.3, 0.4) is 0 Å². The average molecular weight is 388 g/mol. The predicted molar refractivity (Wildman–Crippen MR) is 103 cm³/mol. The predicted octanol–water partition coefficient (Wildman–Crippen LogP) is 1.21. The minimum atomic E-state index is -1.07. The lowest BCUT2D eigenvalue weighted by Crippen LogP contribution is -2.28. The molecule has 0 aliphatic carbocycles. The number of nitrogens with two attached hydrogens (primary N) is 3. The third kappa shape index (κ3) is 3.42.